The lowest BCUT2D eigenvalue weighted by atomic mass is 10.1. The number of rotatable bonds is 3. The Kier molecular flexibility index (Phi) is 3.51. The predicted octanol–water partition coefficient (Wildman–Crippen LogP) is 1.98. The normalized spacial score (nSPS) is 12.6. The lowest BCUT2D eigenvalue weighted by Gasteiger charge is -2.21. The second-order valence-corrected chi connectivity index (χ2v) is 3.14. The maximum atomic E-state index is 13.1. The van der Waals surface area contributed by atoms with Gasteiger partial charge in [-0.05, 0) is 12.0 Å². The first-order chi connectivity index (χ1) is 7.74. The van der Waals surface area contributed by atoms with E-state index in [4.69, 9.17) is 5.84 Å². The Balaban J connectivity index is 3.37. The minimum Gasteiger partial charge on any atom is -0.292 e. The van der Waals surface area contributed by atoms with Crippen molar-refractivity contribution in [3.63, 3.8) is 0 Å². The Hall–Kier alpha value is -1.51. The van der Waals surface area contributed by atoms with Crippen LogP contribution in [0.25, 0.3) is 0 Å². The number of hydrogen-bond donors (Lipinski definition) is 2. The molecule has 1 heterocycles. The number of aromatic nitrogens is 2. The second-order valence-electron chi connectivity index (χ2n) is 3.14. The van der Waals surface area contributed by atoms with E-state index in [0.29, 0.717) is 0 Å². The van der Waals surface area contributed by atoms with Crippen molar-refractivity contribution >= 4 is 5.95 Å². The molecule has 0 saturated heterocycles. The molecule has 0 unspecified atom stereocenters. The summed E-state index contributed by atoms with van der Waals surface area (Å²) in [7, 11) is 0. The highest BCUT2D eigenvalue weighted by atomic mass is 19.4. The van der Waals surface area contributed by atoms with Crippen molar-refractivity contribution in [2.45, 2.75) is 25.4 Å². The number of aryl methyl sites for hydroxylation is 1. The van der Waals surface area contributed by atoms with Gasteiger partial charge in [0.25, 0.3) is 0 Å². The first kappa shape index (κ1) is 13.6. The summed E-state index contributed by atoms with van der Waals surface area (Å²) in [6.07, 6.45) is -4.87. The first-order valence-electron chi connectivity index (χ1n) is 4.51. The number of hydrogen-bond acceptors (Lipinski definition) is 4. The van der Waals surface area contributed by atoms with Crippen molar-refractivity contribution in [2.75, 3.05) is 5.43 Å². The third-order valence-corrected chi connectivity index (χ3v) is 2.03. The second kappa shape index (κ2) is 4.40. The average Bonchev–Trinajstić information content (AvgIpc) is 2.26. The number of anilines is 1. The van der Waals surface area contributed by atoms with Crippen LogP contribution in [0.5, 0.6) is 0 Å². The highest BCUT2D eigenvalue weighted by Crippen LogP contribution is 2.44. The van der Waals surface area contributed by atoms with Gasteiger partial charge in [-0.15, -0.1) is 0 Å². The topological polar surface area (TPSA) is 63.8 Å². The van der Waals surface area contributed by atoms with E-state index in [9.17, 15) is 22.0 Å². The summed E-state index contributed by atoms with van der Waals surface area (Å²) >= 11 is 0. The number of nitrogens with two attached hydrogens (primary N) is 1. The summed E-state index contributed by atoms with van der Waals surface area (Å²) in [4.78, 5) is 6.56. The largest absolute Gasteiger partial charge is 0.459 e. The maximum absolute atomic E-state index is 13.1. The van der Waals surface area contributed by atoms with E-state index in [1.54, 1.807) is 0 Å². The van der Waals surface area contributed by atoms with Crippen LogP contribution in [0.3, 0.4) is 0 Å². The number of nitrogens with zero attached hydrogens (tertiary/aromatic N) is 2. The lowest BCUT2D eigenvalue weighted by Crippen LogP contribution is -2.36. The van der Waals surface area contributed by atoms with Gasteiger partial charge in [0.15, 0.2) is 0 Å². The summed E-state index contributed by atoms with van der Waals surface area (Å²) < 4.78 is 62.9. The van der Waals surface area contributed by atoms with E-state index in [2.05, 4.69) is 9.97 Å². The smallest absolute Gasteiger partial charge is 0.292 e. The molecule has 0 aliphatic rings. The van der Waals surface area contributed by atoms with Gasteiger partial charge in [-0.3, -0.25) is 5.43 Å². The van der Waals surface area contributed by atoms with E-state index in [-0.39, 0.29) is 12.0 Å². The molecule has 0 amide bonds. The fourth-order valence-corrected chi connectivity index (χ4v) is 1.14. The van der Waals surface area contributed by atoms with Crippen LogP contribution in [0.1, 0.15) is 18.2 Å². The van der Waals surface area contributed by atoms with Crippen molar-refractivity contribution < 1.29 is 22.0 Å². The molecule has 0 atom stereocenters. The van der Waals surface area contributed by atoms with Gasteiger partial charge in [-0.25, -0.2) is 15.8 Å². The van der Waals surface area contributed by atoms with Crippen LogP contribution in [0.2, 0.25) is 0 Å². The van der Waals surface area contributed by atoms with Gasteiger partial charge in [0.05, 0.1) is 0 Å². The third-order valence-electron chi connectivity index (χ3n) is 2.03. The Labute approximate surface area is 93.0 Å². The van der Waals surface area contributed by atoms with Crippen LogP contribution in [0, 0.1) is 0 Å². The number of alkyl halides is 5. The summed E-state index contributed by atoms with van der Waals surface area (Å²) in [5.41, 5.74) is 0.154. The molecular weight excluding hydrogens is 247 g/mol. The van der Waals surface area contributed by atoms with Crippen molar-refractivity contribution in [3.05, 3.63) is 17.5 Å². The molecule has 96 valence electrons. The highest BCUT2D eigenvalue weighted by molar-refractivity contribution is 5.31. The zero-order valence-corrected chi connectivity index (χ0v) is 8.65. The molecule has 0 aromatic carbocycles. The summed E-state index contributed by atoms with van der Waals surface area (Å²) in [6.45, 7) is 1.42. The number of nitrogens with one attached hydrogen (secondary N) is 1. The number of hydrazine groups is 1. The lowest BCUT2D eigenvalue weighted by molar-refractivity contribution is -0.291. The zero-order valence-electron chi connectivity index (χ0n) is 8.65. The first-order valence-corrected chi connectivity index (χ1v) is 4.51. The zero-order chi connectivity index (χ0) is 13.3. The van der Waals surface area contributed by atoms with Gasteiger partial charge in [0.2, 0.25) is 5.95 Å². The van der Waals surface area contributed by atoms with E-state index in [0.717, 1.165) is 6.20 Å². The number of nitrogen functional groups attached to an aromatic ring is 1. The van der Waals surface area contributed by atoms with Crippen LogP contribution in [-0.4, -0.2) is 16.1 Å². The summed E-state index contributed by atoms with van der Waals surface area (Å²) in [5.74, 6) is -0.672. The molecule has 0 bridgehead atoms. The maximum Gasteiger partial charge on any atom is 0.459 e. The summed E-state index contributed by atoms with van der Waals surface area (Å²) in [5, 5.41) is 0. The van der Waals surface area contributed by atoms with Crippen LogP contribution in [-0.2, 0) is 12.3 Å². The Bertz CT molecular complexity index is 403. The van der Waals surface area contributed by atoms with Gasteiger partial charge in [0.1, 0.15) is 5.69 Å². The van der Waals surface area contributed by atoms with E-state index in [1.165, 1.54) is 6.92 Å². The highest BCUT2D eigenvalue weighted by Gasteiger charge is 2.60. The van der Waals surface area contributed by atoms with Crippen molar-refractivity contribution in [1.29, 1.82) is 0 Å². The predicted molar refractivity (Wildman–Crippen MR) is 49.2 cm³/mol. The molecule has 4 nitrogen and oxygen atoms in total. The van der Waals surface area contributed by atoms with Gasteiger partial charge < -0.3 is 0 Å². The molecule has 0 saturated carbocycles. The molecule has 9 heteroatoms. The monoisotopic (exact) mass is 256 g/mol. The van der Waals surface area contributed by atoms with Crippen molar-refractivity contribution in [3.8, 4) is 0 Å². The molecule has 0 fully saturated rings. The molecule has 17 heavy (non-hydrogen) atoms. The molecule has 1 aromatic heterocycles. The molecule has 0 aliphatic heterocycles. The van der Waals surface area contributed by atoms with E-state index >= 15 is 0 Å². The van der Waals surface area contributed by atoms with Crippen LogP contribution < -0.4 is 11.3 Å². The minimum atomic E-state index is -5.71. The Morgan fingerprint density at radius 3 is 2.29 bits per heavy atom. The van der Waals surface area contributed by atoms with Crippen LogP contribution >= 0.6 is 0 Å². The molecule has 3 N–H and O–H groups in total. The van der Waals surface area contributed by atoms with Crippen LogP contribution in [0.4, 0.5) is 27.9 Å². The molecule has 0 aliphatic carbocycles. The van der Waals surface area contributed by atoms with Crippen LogP contribution in [0.15, 0.2) is 6.20 Å². The van der Waals surface area contributed by atoms with E-state index in [1.807, 2.05) is 5.43 Å². The van der Waals surface area contributed by atoms with Gasteiger partial charge >= 0.3 is 12.1 Å². The fraction of sp³-hybridized carbons (Fsp3) is 0.500. The molecular formula is C8H9F5N4. The van der Waals surface area contributed by atoms with Gasteiger partial charge in [-0.2, -0.15) is 22.0 Å². The number of halogens is 5. The fourth-order valence-electron chi connectivity index (χ4n) is 1.14. The standard InChI is InChI=1S/C8H9F5N4/c1-2-4-3-15-6(17-14)16-5(4)7(9,10)8(11,12)13/h3H,2,14H2,1H3,(H,15,16,17). The van der Waals surface area contributed by atoms with Gasteiger partial charge in [-0.1, -0.05) is 6.92 Å². The summed E-state index contributed by atoms with van der Waals surface area (Å²) in [6, 6.07) is 0. The average molecular weight is 256 g/mol. The van der Waals surface area contributed by atoms with E-state index < -0.39 is 23.7 Å². The Morgan fingerprint density at radius 1 is 1.29 bits per heavy atom. The third kappa shape index (κ3) is 2.43. The Morgan fingerprint density at radius 2 is 1.88 bits per heavy atom. The minimum absolute atomic E-state index is 0.0497. The molecule has 0 spiro atoms. The van der Waals surface area contributed by atoms with Crippen molar-refractivity contribution in [2.24, 2.45) is 5.84 Å². The molecule has 1 rings (SSSR count). The molecule has 1 aromatic rings. The SMILES string of the molecule is CCc1cnc(NN)nc1C(F)(F)C(F)(F)F. The van der Waals surface area contributed by atoms with Crippen molar-refractivity contribution in [1.82, 2.24) is 9.97 Å². The molecule has 0 radical (unpaired) electrons. The van der Waals surface area contributed by atoms with Gasteiger partial charge in [0, 0.05) is 6.20 Å². The quantitative estimate of drug-likeness (QED) is 0.493.